The van der Waals surface area contributed by atoms with Crippen LogP contribution in [0.15, 0.2) is 0 Å². The van der Waals surface area contributed by atoms with E-state index in [2.05, 4.69) is 0 Å². The van der Waals surface area contributed by atoms with E-state index in [1.54, 1.807) is 0 Å². The third-order valence-electron chi connectivity index (χ3n) is 0. The minimum atomic E-state index is -5.94. The van der Waals surface area contributed by atoms with E-state index in [0.29, 0.717) is 0 Å². The molecule has 0 unspecified atom stereocenters. The summed E-state index contributed by atoms with van der Waals surface area (Å²) in [7, 11) is 0. The van der Waals surface area contributed by atoms with Crippen molar-refractivity contribution in [3.05, 3.63) is 0 Å². The number of halogens is 1. The molecule has 0 spiro atoms. The largest absolute Gasteiger partial charge is 1.00 e. The first-order chi connectivity index (χ1) is 2.00. The van der Waals surface area contributed by atoms with Gasteiger partial charge in [0.25, 0.3) is 0 Å². The Morgan fingerprint density at radius 3 is 1.00 bits per heavy atom. The Bertz CT molecular complexity index is 32.4. The van der Waals surface area contributed by atoms with Crippen LogP contribution in [0, 0.1) is 0 Å². The van der Waals surface area contributed by atoms with Crippen molar-refractivity contribution in [3.8, 4) is 0 Å². The van der Waals surface area contributed by atoms with E-state index in [1.807, 2.05) is 0 Å². The van der Waals surface area contributed by atoms with Gasteiger partial charge in [-0.15, -0.1) is 0 Å². The Hall–Kier alpha value is 2.17. The van der Waals surface area contributed by atoms with Crippen molar-refractivity contribution in [2.45, 2.75) is 7.43 Å². The van der Waals surface area contributed by atoms with Crippen LogP contribution < -0.4 is 85.2 Å². The molecule has 0 saturated carbocycles. The van der Waals surface area contributed by atoms with Crippen molar-refractivity contribution in [2.24, 2.45) is 0 Å². The molecular weight excluding hydrogens is 258 g/mol. The Morgan fingerprint density at radius 1 is 1.00 bits per heavy atom. The molecule has 0 aliphatic heterocycles. The summed E-state index contributed by atoms with van der Waals surface area (Å²) in [5.74, 6) is 0. The van der Waals surface area contributed by atoms with E-state index >= 15 is 0 Å². The maximum atomic E-state index is 8.62. The van der Waals surface area contributed by atoms with Crippen LogP contribution in [0.2, 0.25) is 0 Å². The average Bonchev–Trinajstić information content (AvgIpc) is 0.722. The summed E-state index contributed by atoms with van der Waals surface area (Å²) in [6.45, 7) is 0. The molecule has 2 N–H and O–H groups in total. The van der Waals surface area contributed by atoms with Gasteiger partial charge in [0.2, 0.25) is 0 Å². The molecule has 0 atom stereocenters. The summed E-state index contributed by atoms with van der Waals surface area (Å²) in [4.78, 5) is 0. The first-order valence-electron chi connectivity index (χ1n) is 0.617. The van der Waals surface area contributed by atoms with E-state index in [0.717, 1.165) is 0 Å². The van der Waals surface area contributed by atoms with Gasteiger partial charge in [-0.3, -0.25) is 13.7 Å². The van der Waals surface area contributed by atoms with Gasteiger partial charge in [0, 0.05) is 1.43 Å². The van der Waals surface area contributed by atoms with E-state index in [-0.39, 0.29) is 65.7 Å². The zero-order chi connectivity index (χ0) is 4.50. The third kappa shape index (κ3) is 89.4. The van der Waals surface area contributed by atoms with Gasteiger partial charge in [-0.25, -0.2) is 0 Å². The van der Waals surface area contributed by atoms with Crippen molar-refractivity contribution in [1.82, 2.24) is 0 Å². The van der Waals surface area contributed by atoms with Gasteiger partial charge in [0.1, 0.15) is 20.1 Å². The molecule has 8 heavy (non-hydrogen) atoms. The van der Waals surface area contributed by atoms with Crippen LogP contribution in [0.25, 0.3) is 0 Å². The molecule has 0 heterocycles. The second-order valence-corrected chi connectivity index (χ2v) is 2.54. The zero-order valence-electron chi connectivity index (χ0n) is 3.51. The Labute approximate surface area is 97.7 Å². The quantitative estimate of drug-likeness (QED) is 0.319. The fraction of sp³-hybridized carbons (Fsp3) is 1.00. The molecule has 0 aromatic rings. The molecule has 7 heteroatoms. The normalized spacial score (nSPS) is 7.50. The van der Waals surface area contributed by atoms with Crippen LogP contribution in [0.4, 0.5) is 0 Å². The Morgan fingerprint density at radius 2 is 1.00 bits per heavy atom. The minimum Gasteiger partial charge on any atom is -0.412 e. The molecule has 0 saturated heterocycles. The molecule has 0 aromatic carbocycles. The van der Waals surface area contributed by atoms with Crippen molar-refractivity contribution < 1.29 is 92.1 Å². The molecule has 0 aromatic heterocycles. The fourth-order valence-electron chi connectivity index (χ4n) is 0. The second kappa shape index (κ2) is 9.17. The molecule has 5 nitrogen and oxygen atoms in total. The summed E-state index contributed by atoms with van der Waals surface area (Å²) < 4.78 is 34.5. The van der Waals surface area contributed by atoms with Crippen molar-refractivity contribution in [1.29, 1.82) is 0 Å². The summed E-state index contributed by atoms with van der Waals surface area (Å²) in [5.41, 5.74) is 0. The number of hydrogen-bond acceptors (Lipinski definition) is 4. The molecular formula is CH8IKO5. The van der Waals surface area contributed by atoms with E-state index in [1.165, 1.54) is 0 Å². The van der Waals surface area contributed by atoms with Gasteiger partial charge in [-0.2, -0.15) is 0 Å². The number of hydrogen-bond donors (Lipinski definition) is 0. The third-order valence-corrected chi connectivity index (χ3v) is 0. The Balaban J connectivity index is -0.0000000133. The Kier molecular flexibility index (Phi) is 25.7. The summed E-state index contributed by atoms with van der Waals surface area (Å²) in [6, 6.07) is 0. The van der Waals surface area contributed by atoms with Gasteiger partial charge < -0.3 is 5.48 Å². The molecule has 0 radical (unpaired) electrons. The monoisotopic (exact) mass is 266 g/mol. The molecule has 0 amide bonds. The van der Waals surface area contributed by atoms with Crippen LogP contribution in [0.5, 0.6) is 0 Å². The molecule has 0 rings (SSSR count). The topological polar surface area (TPSA) is 124 Å². The zero-order valence-corrected chi connectivity index (χ0v) is 8.79. The molecule has 0 fully saturated rings. The second-order valence-electron chi connectivity index (χ2n) is 0.378. The fourth-order valence-corrected chi connectivity index (χ4v) is 0. The van der Waals surface area contributed by atoms with Gasteiger partial charge in [-0.05, 0) is 0 Å². The molecule has 0 bridgehead atoms. The first-order valence-corrected chi connectivity index (χ1v) is 4.14. The van der Waals surface area contributed by atoms with Gasteiger partial charge in [-0.1, -0.05) is 7.43 Å². The smallest absolute Gasteiger partial charge is 0.412 e. The van der Waals surface area contributed by atoms with Crippen LogP contribution in [0.3, 0.4) is 0 Å². The van der Waals surface area contributed by atoms with E-state index < -0.39 is 20.1 Å². The van der Waals surface area contributed by atoms with Crippen LogP contribution in [-0.2, 0) is 0 Å². The van der Waals surface area contributed by atoms with Crippen molar-refractivity contribution in [2.75, 3.05) is 0 Å². The maximum absolute atomic E-state index is 8.62. The van der Waals surface area contributed by atoms with Gasteiger partial charge in [0.05, 0.1) is 0 Å². The van der Waals surface area contributed by atoms with Crippen LogP contribution >= 0.6 is 0 Å². The van der Waals surface area contributed by atoms with Crippen LogP contribution in [-0.4, -0.2) is 5.48 Å². The SMILES string of the molecule is C.O.[HH].[K+].[O-][I+3]([O-])([O-])[O-]. The van der Waals surface area contributed by atoms with E-state index in [9.17, 15) is 0 Å². The summed E-state index contributed by atoms with van der Waals surface area (Å²) >= 11 is -5.94. The standard InChI is InChI=1S/CH4.IO4.K.H2O.H2/c;2-1(3,4)5;;;/h1H4;;;1H2;1H/q;-1;+1;;. The predicted octanol–water partition coefficient (Wildman–Crippen LogP) is -10.7. The van der Waals surface area contributed by atoms with Crippen molar-refractivity contribution in [3.63, 3.8) is 0 Å². The predicted molar refractivity (Wildman–Crippen MR) is 12.5 cm³/mol. The molecule has 0 aliphatic carbocycles. The maximum Gasteiger partial charge on any atom is 1.00 e. The van der Waals surface area contributed by atoms with E-state index in [4.69, 9.17) is 13.7 Å². The summed E-state index contributed by atoms with van der Waals surface area (Å²) in [6.07, 6.45) is 0. The first kappa shape index (κ1) is 22.5. The van der Waals surface area contributed by atoms with Crippen molar-refractivity contribution >= 4 is 0 Å². The minimum absolute atomic E-state index is 0. The van der Waals surface area contributed by atoms with Gasteiger partial charge in [0.15, 0.2) is 0 Å². The molecule has 50 valence electrons. The number of rotatable bonds is 0. The summed E-state index contributed by atoms with van der Waals surface area (Å²) in [5, 5.41) is 0. The van der Waals surface area contributed by atoms with Crippen LogP contribution in [0.1, 0.15) is 8.85 Å². The average molecular weight is 266 g/mol. The van der Waals surface area contributed by atoms with Gasteiger partial charge >= 0.3 is 51.4 Å². The molecule has 0 aliphatic rings.